The number of hydrogen-bond acceptors (Lipinski definition) is 12. The molecule has 14 nitrogen and oxygen atoms in total. The van der Waals surface area contributed by atoms with Crippen molar-refractivity contribution in [1.82, 2.24) is 9.88 Å². The second-order valence-corrected chi connectivity index (χ2v) is 17.2. The lowest BCUT2D eigenvalue weighted by Crippen LogP contribution is -2.82. The van der Waals surface area contributed by atoms with E-state index in [4.69, 9.17) is 4.74 Å². The molecule has 0 atom stereocenters. The van der Waals surface area contributed by atoms with Gasteiger partial charge in [0.05, 0.1) is 34.8 Å². The molecule has 1 saturated heterocycles. The molecule has 2 aromatic carbocycles. The van der Waals surface area contributed by atoms with Gasteiger partial charge < -0.3 is 30.2 Å². The first-order valence-electron chi connectivity index (χ1n) is 15.5. The van der Waals surface area contributed by atoms with Gasteiger partial charge in [0.1, 0.15) is 17.1 Å². The first-order valence-corrected chi connectivity index (χ1v) is 18.8. The summed E-state index contributed by atoms with van der Waals surface area (Å²) in [6, 6.07) is 6.36. The smallest absolute Gasteiger partial charge is 0.496 e. The number of amides is 2. The van der Waals surface area contributed by atoms with E-state index in [2.05, 4.69) is 35.3 Å². The molecule has 3 heterocycles. The molecule has 0 radical (unpaired) electrons. The van der Waals surface area contributed by atoms with Crippen LogP contribution in [0, 0.1) is 0 Å². The van der Waals surface area contributed by atoms with Crippen molar-refractivity contribution in [3.8, 4) is 17.2 Å². The first-order chi connectivity index (χ1) is 24.2. The van der Waals surface area contributed by atoms with Gasteiger partial charge in [-0.25, -0.2) is 21.8 Å². The Kier molecular flexibility index (Phi) is 8.14. The Balaban J connectivity index is 1.15. The van der Waals surface area contributed by atoms with Crippen LogP contribution in [0.1, 0.15) is 40.0 Å². The van der Waals surface area contributed by atoms with Crippen LogP contribution in [0.4, 0.5) is 39.1 Å². The third-order valence-electron chi connectivity index (χ3n) is 9.50. The summed E-state index contributed by atoms with van der Waals surface area (Å²) in [5.74, 6) is -2.90. The Morgan fingerprint density at radius 2 is 1.62 bits per heavy atom. The lowest BCUT2D eigenvalue weighted by Gasteiger charge is -2.74. The highest BCUT2D eigenvalue weighted by molar-refractivity contribution is 7.92. The number of carbonyl (C=O) groups excluding carboxylic acids is 2. The van der Waals surface area contributed by atoms with Crippen LogP contribution in [-0.2, 0) is 19.7 Å². The Hall–Kier alpha value is -4.76. The predicted molar refractivity (Wildman–Crippen MR) is 172 cm³/mol. The third kappa shape index (κ3) is 6.23. The number of nitrogens with zero attached hydrogens (tertiary/aromatic N) is 2. The number of pyridine rings is 1. The average molecular weight is 774 g/mol. The number of rotatable bonds is 9. The minimum absolute atomic E-state index is 0.0542. The summed E-state index contributed by atoms with van der Waals surface area (Å²) < 4.78 is 130. The molecule has 5 aliphatic rings. The quantitative estimate of drug-likeness (QED) is 0.266. The summed E-state index contributed by atoms with van der Waals surface area (Å²) in [4.78, 5) is 32.8. The molecule has 0 spiro atoms. The van der Waals surface area contributed by atoms with Crippen LogP contribution in [0.15, 0.2) is 53.6 Å². The maximum atomic E-state index is 14.0. The van der Waals surface area contributed by atoms with Crippen LogP contribution >= 0.6 is 0 Å². The molecular formula is C31H28F5N5O9S2. The van der Waals surface area contributed by atoms with Crippen LogP contribution in [0.2, 0.25) is 0 Å². The maximum Gasteiger partial charge on any atom is 0.586 e. The lowest BCUT2D eigenvalue weighted by molar-refractivity contribution is -0.286. The molecule has 21 heteroatoms. The summed E-state index contributed by atoms with van der Waals surface area (Å²) in [7, 11) is -7.55. The number of sulfone groups is 2. The zero-order valence-corrected chi connectivity index (χ0v) is 28.5. The minimum Gasteiger partial charge on any atom is -0.496 e. The predicted octanol–water partition coefficient (Wildman–Crippen LogP) is 4.03. The van der Waals surface area contributed by atoms with Crippen molar-refractivity contribution >= 4 is 48.7 Å². The van der Waals surface area contributed by atoms with Crippen molar-refractivity contribution in [3.63, 3.8) is 0 Å². The van der Waals surface area contributed by atoms with Crippen LogP contribution in [-0.4, -0.2) is 93.1 Å². The number of nitrogens with one attached hydrogen (secondary N) is 3. The molecular weight excluding hydrogens is 745 g/mol. The lowest BCUT2D eigenvalue weighted by atomic mass is 9.43. The monoisotopic (exact) mass is 773 g/mol. The van der Waals surface area contributed by atoms with Crippen LogP contribution in [0.5, 0.6) is 17.2 Å². The van der Waals surface area contributed by atoms with Crippen molar-refractivity contribution in [3.05, 3.63) is 59.8 Å². The highest BCUT2D eigenvalue weighted by Crippen LogP contribution is 2.65. The molecule has 3 N–H and O–H groups in total. The summed E-state index contributed by atoms with van der Waals surface area (Å²) >= 11 is 0. The van der Waals surface area contributed by atoms with Gasteiger partial charge in [0, 0.05) is 42.1 Å². The first kappa shape index (κ1) is 35.6. The number of anilines is 3. The Bertz CT molecular complexity index is 2200. The number of ether oxygens (including phenoxy) is 3. The molecule has 3 aliphatic carbocycles. The zero-order valence-electron chi connectivity index (χ0n) is 26.8. The average Bonchev–Trinajstić information content (AvgIpc) is 3.33. The molecule has 52 heavy (non-hydrogen) atoms. The fourth-order valence-corrected chi connectivity index (χ4v) is 9.12. The van der Waals surface area contributed by atoms with E-state index in [0.717, 1.165) is 24.3 Å². The normalized spacial score (nSPS) is 24.2. The molecule has 0 unspecified atom stereocenters. The van der Waals surface area contributed by atoms with Gasteiger partial charge in [-0.3, -0.25) is 14.5 Å². The highest BCUT2D eigenvalue weighted by atomic mass is 32.2. The van der Waals surface area contributed by atoms with Gasteiger partial charge in [-0.1, -0.05) is 6.07 Å². The Morgan fingerprint density at radius 3 is 2.25 bits per heavy atom. The van der Waals surface area contributed by atoms with Crippen LogP contribution in [0.25, 0.3) is 0 Å². The van der Waals surface area contributed by atoms with E-state index in [-0.39, 0.29) is 34.2 Å². The third-order valence-corrected chi connectivity index (χ3v) is 12.6. The van der Waals surface area contributed by atoms with Gasteiger partial charge in [-0.05, 0) is 49.6 Å². The number of carbonyl (C=O) groups is 2. The van der Waals surface area contributed by atoms with E-state index in [0.29, 0.717) is 44.5 Å². The fraction of sp³-hybridized carbons (Fsp3) is 0.387. The van der Waals surface area contributed by atoms with E-state index in [9.17, 15) is 48.4 Å². The van der Waals surface area contributed by atoms with Crippen molar-refractivity contribution < 1.29 is 62.6 Å². The summed E-state index contributed by atoms with van der Waals surface area (Å²) in [5.41, 5.74) is -7.69. The number of halogens is 5. The van der Waals surface area contributed by atoms with Crippen molar-refractivity contribution in [2.45, 2.75) is 47.0 Å². The van der Waals surface area contributed by atoms with Gasteiger partial charge in [0.15, 0.2) is 21.3 Å². The second kappa shape index (κ2) is 11.9. The summed E-state index contributed by atoms with van der Waals surface area (Å²) in [6.45, 7) is 0.859. The number of aromatic nitrogens is 1. The minimum atomic E-state index is -5.78. The molecule has 4 fully saturated rings. The Morgan fingerprint density at radius 1 is 0.962 bits per heavy atom. The molecule has 3 aromatic rings. The summed E-state index contributed by atoms with van der Waals surface area (Å²) in [5, 5.41) is 8.00. The fourth-order valence-electron chi connectivity index (χ4n) is 7.11. The standard InChI is InChI=1S/C31H28F5N5O9S2/c1-48-21-5-6-37-25(40-28-14-29(15-28,16-28)41-7-9-51(44,45)10-8-41)24(21)27(43)39-20-13-23-22(49-31(35,36)50-23)12-19(20)26(42)38-17-3-2-4-18(11-17)52(46,47)30(32,33)34/h2-6,11-13H,7-10,14-16H2,1H3,(H,37,40)(H,38,42)(H,39,43). The van der Waals surface area contributed by atoms with Gasteiger partial charge in [0.2, 0.25) is 0 Å². The molecule has 3 saturated carbocycles. The van der Waals surface area contributed by atoms with E-state index in [1.807, 2.05) is 0 Å². The SMILES string of the molecule is COc1ccnc(NC23CC(N4CCS(=O)(=O)CC4)(C2)C3)c1C(=O)Nc1cc2c(cc1C(=O)Nc1cccc(S(=O)(=O)C(F)(F)F)c1)OC(F)(F)O2. The number of alkyl halides is 5. The van der Waals surface area contributed by atoms with Crippen molar-refractivity contribution in [1.29, 1.82) is 0 Å². The number of methoxy groups -OCH3 is 1. The molecule has 278 valence electrons. The molecule has 2 aliphatic heterocycles. The van der Waals surface area contributed by atoms with Crippen LogP contribution in [0.3, 0.4) is 0 Å². The zero-order chi connectivity index (χ0) is 37.5. The molecule has 8 rings (SSSR count). The molecule has 2 bridgehead atoms. The van der Waals surface area contributed by atoms with Crippen LogP contribution < -0.4 is 30.2 Å². The van der Waals surface area contributed by atoms with Gasteiger partial charge in [0.25, 0.3) is 21.7 Å². The van der Waals surface area contributed by atoms with E-state index in [1.165, 1.54) is 19.4 Å². The second-order valence-electron chi connectivity index (χ2n) is 12.9. The largest absolute Gasteiger partial charge is 0.586 e. The van der Waals surface area contributed by atoms with Gasteiger partial charge >= 0.3 is 11.8 Å². The topological polar surface area (TPSA) is 182 Å². The van der Waals surface area contributed by atoms with E-state index < -0.39 is 82.2 Å². The summed E-state index contributed by atoms with van der Waals surface area (Å²) in [6.07, 6.45) is -0.765. The van der Waals surface area contributed by atoms with Crippen molar-refractivity contribution in [2.24, 2.45) is 0 Å². The Labute approximate surface area is 292 Å². The number of benzene rings is 2. The highest BCUT2D eigenvalue weighted by Gasteiger charge is 2.70. The molecule has 2 amide bonds. The van der Waals surface area contributed by atoms with E-state index in [1.54, 1.807) is 0 Å². The number of fused-ring (bicyclic) bond motifs is 1. The number of hydrogen-bond donors (Lipinski definition) is 3. The van der Waals surface area contributed by atoms with Crippen molar-refractivity contribution in [2.75, 3.05) is 47.7 Å². The van der Waals surface area contributed by atoms with E-state index >= 15 is 0 Å². The molecule has 1 aromatic heterocycles. The maximum absolute atomic E-state index is 14.0. The van der Waals surface area contributed by atoms with Gasteiger partial charge in [-0.15, -0.1) is 8.78 Å². The van der Waals surface area contributed by atoms with Gasteiger partial charge in [-0.2, -0.15) is 13.2 Å².